The molecule has 18 heavy (non-hydrogen) atoms. The molecule has 0 bridgehead atoms. The number of para-hydroxylation sites is 1. The molecule has 1 fully saturated rings. The summed E-state index contributed by atoms with van der Waals surface area (Å²) in [6, 6.07) is 8.72. The first-order valence-corrected chi connectivity index (χ1v) is 7.32. The van der Waals surface area contributed by atoms with E-state index < -0.39 is 0 Å². The molecule has 1 heterocycles. The Bertz CT molecular complexity index is 520. The quantitative estimate of drug-likeness (QED) is 0.677. The molecule has 1 aromatic rings. The van der Waals surface area contributed by atoms with Gasteiger partial charge in [-0.1, -0.05) is 38.0 Å². The van der Waals surface area contributed by atoms with Crippen LogP contribution in [-0.4, -0.2) is 0 Å². The Labute approximate surface area is 109 Å². The van der Waals surface area contributed by atoms with E-state index in [2.05, 4.69) is 31.2 Å². The van der Waals surface area contributed by atoms with Gasteiger partial charge in [0.15, 0.2) is 0 Å². The fourth-order valence-corrected chi connectivity index (χ4v) is 4.39. The van der Waals surface area contributed by atoms with Gasteiger partial charge in [-0.25, -0.2) is 0 Å². The molecular weight excluding hydrogens is 218 g/mol. The minimum absolute atomic E-state index is 0.546. The van der Waals surface area contributed by atoms with Gasteiger partial charge in [-0.2, -0.15) is 0 Å². The van der Waals surface area contributed by atoms with Crippen molar-refractivity contribution in [2.75, 3.05) is 0 Å². The first kappa shape index (κ1) is 10.7. The Kier molecular flexibility index (Phi) is 2.15. The molecule has 1 nitrogen and oxygen atoms in total. The number of benzene rings is 1. The number of hydrogen-bond acceptors (Lipinski definition) is 0. The Balaban J connectivity index is 1.77. The number of hydrogen-bond donors (Lipinski definition) is 0. The molecule has 93 valence electrons. The SMILES string of the molecule is CC1(C2CCC3=C2c2ccccc2[N]3)CCCC1. The van der Waals surface area contributed by atoms with Crippen molar-refractivity contribution >= 4 is 11.3 Å². The van der Waals surface area contributed by atoms with E-state index in [0.29, 0.717) is 5.41 Å². The van der Waals surface area contributed by atoms with Gasteiger partial charge in [-0.15, -0.1) is 0 Å². The third-order valence-electron chi connectivity index (χ3n) is 5.37. The monoisotopic (exact) mass is 238 g/mol. The van der Waals surface area contributed by atoms with Gasteiger partial charge in [0.2, 0.25) is 0 Å². The summed E-state index contributed by atoms with van der Waals surface area (Å²) in [7, 11) is 0. The van der Waals surface area contributed by atoms with E-state index in [4.69, 9.17) is 5.32 Å². The van der Waals surface area contributed by atoms with Crippen LogP contribution in [-0.2, 0) is 0 Å². The molecule has 2 aliphatic carbocycles. The van der Waals surface area contributed by atoms with Crippen molar-refractivity contribution in [3.8, 4) is 0 Å². The summed E-state index contributed by atoms with van der Waals surface area (Å²) in [5.41, 5.74) is 6.20. The molecule has 0 saturated heterocycles. The van der Waals surface area contributed by atoms with Gasteiger partial charge in [0, 0.05) is 11.3 Å². The minimum atomic E-state index is 0.546. The highest BCUT2D eigenvalue weighted by Gasteiger charge is 2.45. The molecule has 0 amide bonds. The Hall–Kier alpha value is -1.24. The lowest BCUT2D eigenvalue weighted by atomic mass is 9.71. The summed E-state index contributed by atoms with van der Waals surface area (Å²) in [5.74, 6) is 0.766. The summed E-state index contributed by atoms with van der Waals surface area (Å²) < 4.78 is 0. The van der Waals surface area contributed by atoms with E-state index in [9.17, 15) is 0 Å². The van der Waals surface area contributed by atoms with Gasteiger partial charge in [-0.05, 0) is 48.7 Å². The van der Waals surface area contributed by atoms with E-state index in [0.717, 1.165) is 5.92 Å². The lowest BCUT2D eigenvalue weighted by molar-refractivity contribution is 0.241. The van der Waals surface area contributed by atoms with Crippen LogP contribution in [0, 0.1) is 11.3 Å². The van der Waals surface area contributed by atoms with Crippen molar-refractivity contribution in [1.29, 1.82) is 0 Å². The van der Waals surface area contributed by atoms with Crippen molar-refractivity contribution in [3.05, 3.63) is 35.5 Å². The predicted octanol–water partition coefficient (Wildman–Crippen LogP) is 4.64. The highest BCUT2D eigenvalue weighted by Crippen LogP contribution is 2.57. The average Bonchev–Trinajstić information content (AvgIpc) is 3.03. The topological polar surface area (TPSA) is 14.1 Å². The van der Waals surface area contributed by atoms with Crippen LogP contribution in [0.3, 0.4) is 0 Å². The fourth-order valence-electron chi connectivity index (χ4n) is 4.39. The molecular formula is C17H20N. The maximum atomic E-state index is 4.85. The first-order valence-electron chi connectivity index (χ1n) is 7.32. The molecule has 0 aromatic heterocycles. The van der Waals surface area contributed by atoms with Gasteiger partial charge < -0.3 is 0 Å². The molecule has 1 aromatic carbocycles. The second kappa shape index (κ2) is 3.63. The summed E-state index contributed by atoms with van der Waals surface area (Å²) >= 11 is 0. The second-order valence-corrected chi connectivity index (χ2v) is 6.44. The number of rotatable bonds is 1. The van der Waals surface area contributed by atoms with Gasteiger partial charge in [0.05, 0.1) is 5.69 Å². The number of fused-ring (bicyclic) bond motifs is 2. The highest BCUT2D eigenvalue weighted by molar-refractivity contribution is 5.84. The predicted molar refractivity (Wildman–Crippen MR) is 74.5 cm³/mol. The highest BCUT2D eigenvalue weighted by atomic mass is 14.9. The average molecular weight is 238 g/mol. The van der Waals surface area contributed by atoms with Gasteiger partial charge in [0.25, 0.3) is 0 Å². The zero-order valence-corrected chi connectivity index (χ0v) is 11.1. The summed E-state index contributed by atoms with van der Waals surface area (Å²) in [4.78, 5) is 0. The standard InChI is InChI=1S/C17H20N/c1-17(10-4-5-11-17)13-8-9-15-16(13)12-6-2-3-7-14(12)18-15/h2-3,6-7,13H,4-5,8-11H2,1H3. The largest absolute Gasteiger partial charge is 0.253 e. The molecule has 1 unspecified atom stereocenters. The Morgan fingerprint density at radius 1 is 1.17 bits per heavy atom. The van der Waals surface area contributed by atoms with Crippen LogP contribution < -0.4 is 5.32 Å². The lowest BCUT2D eigenvalue weighted by Gasteiger charge is -2.33. The van der Waals surface area contributed by atoms with Crippen LogP contribution in [0.4, 0.5) is 5.69 Å². The van der Waals surface area contributed by atoms with Crippen LogP contribution in [0.1, 0.15) is 51.0 Å². The molecule has 3 aliphatic rings. The third kappa shape index (κ3) is 1.33. The van der Waals surface area contributed by atoms with Crippen molar-refractivity contribution in [2.24, 2.45) is 11.3 Å². The fraction of sp³-hybridized carbons (Fsp3) is 0.529. The number of allylic oxidation sites excluding steroid dienone is 2. The maximum absolute atomic E-state index is 4.85. The zero-order valence-electron chi connectivity index (χ0n) is 11.1. The minimum Gasteiger partial charge on any atom is -0.253 e. The van der Waals surface area contributed by atoms with Crippen molar-refractivity contribution < 1.29 is 0 Å². The zero-order chi connectivity index (χ0) is 12.2. The van der Waals surface area contributed by atoms with Crippen molar-refractivity contribution in [2.45, 2.75) is 45.4 Å². The van der Waals surface area contributed by atoms with E-state index >= 15 is 0 Å². The molecule has 0 spiro atoms. The van der Waals surface area contributed by atoms with Crippen LogP contribution in [0.5, 0.6) is 0 Å². The normalized spacial score (nSPS) is 28.2. The van der Waals surface area contributed by atoms with Gasteiger partial charge in [0.1, 0.15) is 0 Å². The molecule has 4 rings (SSSR count). The first-order chi connectivity index (χ1) is 8.78. The third-order valence-corrected chi connectivity index (χ3v) is 5.37. The molecule has 1 heteroatoms. The van der Waals surface area contributed by atoms with E-state index in [1.807, 2.05) is 0 Å². The Morgan fingerprint density at radius 2 is 1.94 bits per heavy atom. The number of nitrogens with zero attached hydrogens (tertiary/aromatic N) is 1. The van der Waals surface area contributed by atoms with Gasteiger partial charge in [-0.3, -0.25) is 5.32 Å². The van der Waals surface area contributed by atoms with Crippen LogP contribution >= 0.6 is 0 Å². The lowest BCUT2D eigenvalue weighted by Crippen LogP contribution is -2.23. The molecule has 1 atom stereocenters. The molecule has 0 N–H and O–H groups in total. The molecule has 1 saturated carbocycles. The van der Waals surface area contributed by atoms with E-state index in [-0.39, 0.29) is 0 Å². The summed E-state index contributed by atoms with van der Waals surface area (Å²) in [6.07, 6.45) is 8.21. The molecule has 1 aliphatic heterocycles. The smallest absolute Gasteiger partial charge is 0.0708 e. The van der Waals surface area contributed by atoms with Crippen molar-refractivity contribution in [1.82, 2.24) is 5.32 Å². The summed E-state index contributed by atoms with van der Waals surface area (Å²) in [5, 5.41) is 4.85. The van der Waals surface area contributed by atoms with Crippen molar-refractivity contribution in [3.63, 3.8) is 0 Å². The van der Waals surface area contributed by atoms with E-state index in [1.165, 1.54) is 55.5 Å². The Morgan fingerprint density at radius 3 is 2.78 bits per heavy atom. The van der Waals surface area contributed by atoms with Crippen LogP contribution in [0.2, 0.25) is 0 Å². The summed E-state index contributed by atoms with van der Waals surface area (Å²) in [6.45, 7) is 2.52. The van der Waals surface area contributed by atoms with E-state index in [1.54, 1.807) is 5.57 Å². The maximum Gasteiger partial charge on any atom is 0.0708 e. The van der Waals surface area contributed by atoms with Crippen LogP contribution in [0.15, 0.2) is 30.0 Å². The second-order valence-electron chi connectivity index (χ2n) is 6.44. The molecule has 1 radical (unpaired) electrons. The van der Waals surface area contributed by atoms with Crippen LogP contribution in [0.25, 0.3) is 5.57 Å². The van der Waals surface area contributed by atoms with Gasteiger partial charge >= 0.3 is 0 Å².